The van der Waals surface area contributed by atoms with E-state index in [2.05, 4.69) is 9.97 Å². The molecular weight excluding hydrogens is 310 g/mol. The predicted octanol–water partition coefficient (Wildman–Crippen LogP) is 2.99. The molecule has 0 aliphatic heterocycles. The number of hydrogen-bond acceptors (Lipinski definition) is 4. The Morgan fingerprint density at radius 3 is 2.52 bits per heavy atom. The first-order valence-electron chi connectivity index (χ1n) is 8.37. The summed E-state index contributed by atoms with van der Waals surface area (Å²) in [6.45, 7) is 2.02. The summed E-state index contributed by atoms with van der Waals surface area (Å²) in [6, 6.07) is 3.62. The Morgan fingerprint density at radius 1 is 1.22 bits per heavy atom. The molecule has 2 aromatic rings. The number of aromatic nitrogens is 3. The van der Waals surface area contributed by atoms with Crippen LogP contribution in [0.15, 0.2) is 22.1 Å². The van der Waals surface area contributed by atoms with Gasteiger partial charge in [-0.15, -0.1) is 0 Å². The lowest BCUT2D eigenvalue weighted by molar-refractivity contribution is 0.441. The van der Waals surface area contributed by atoms with E-state index in [1.54, 1.807) is 12.3 Å². The number of pyridine rings is 1. The Morgan fingerprint density at radius 2 is 1.91 bits per heavy atom. The van der Waals surface area contributed by atoms with Gasteiger partial charge in [0.25, 0.3) is 5.56 Å². The minimum Gasteiger partial charge on any atom is -0.609 e. The first kappa shape index (κ1) is 16.5. The van der Waals surface area contributed by atoms with Gasteiger partial charge in [-0.25, -0.2) is 0 Å². The Hall–Kier alpha value is -1.40. The largest absolute Gasteiger partial charge is 0.609 e. The van der Waals surface area contributed by atoms with Crippen molar-refractivity contribution in [3.8, 4) is 0 Å². The normalized spacial score (nSPS) is 18.0. The van der Waals surface area contributed by atoms with Gasteiger partial charge in [0.15, 0.2) is 5.65 Å². The fraction of sp³-hybridized carbons (Fsp3) is 0.588. The molecule has 0 amide bonds. The summed E-state index contributed by atoms with van der Waals surface area (Å²) in [7, 11) is 0. The molecule has 23 heavy (non-hydrogen) atoms. The zero-order valence-electron chi connectivity index (χ0n) is 13.7. The number of hydrogen-bond donors (Lipinski definition) is 0. The molecular formula is C17H23N3O2S. The van der Waals surface area contributed by atoms with Crippen molar-refractivity contribution in [1.82, 2.24) is 14.5 Å². The average Bonchev–Trinajstić information content (AvgIpc) is 2.82. The maximum absolute atomic E-state index is 12.6. The van der Waals surface area contributed by atoms with Gasteiger partial charge in [-0.1, -0.05) is 32.6 Å². The number of rotatable bonds is 3. The van der Waals surface area contributed by atoms with Crippen molar-refractivity contribution in [3.63, 3.8) is 0 Å². The second-order valence-electron chi connectivity index (χ2n) is 6.18. The van der Waals surface area contributed by atoms with E-state index in [1.807, 2.05) is 17.6 Å². The highest BCUT2D eigenvalue weighted by Gasteiger charge is 2.21. The molecule has 5 nitrogen and oxygen atoms in total. The van der Waals surface area contributed by atoms with E-state index in [0.717, 1.165) is 43.2 Å². The molecule has 3 rings (SSSR count). The van der Waals surface area contributed by atoms with Gasteiger partial charge in [-0.05, 0) is 25.3 Å². The molecule has 0 N–H and O–H groups in total. The van der Waals surface area contributed by atoms with Crippen LogP contribution in [0, 0.1) is 0 Å². The summed E-state index contributed by atoms with van der Waals surface area (Å²) in [5.41, 5.74) is 1.50. The Bertz CT molecular complexity index is 749. The van der Waals surface area contributed by atoms with Crippen LogP contribution in [0.2, 0.25) is 0 Å². The monoisotopic (exact) mass is 333 g/mol. The Balaban J connectivity index is 2.24. The van der Waals surface area contributed by atoms with Crippen molar-refractivity contribution in [2.24, 2.45) is 0 Å². The van der Waals surface area contributed by atoms with Crippen LogP contribution in [-0.2, 0) is 17.6 Å². The predicted molar refractivity (Wildman–Crippen MR) is 92.2 cm³/mol. The highest BCUT2D eigenvalue weighted by molar-refractivity contribution is 7.90. The summed E-state index contributed by atoms with van der Waals surface area (Å²) >= 11 is -1.26. The third kappa shape index (κ3) is 3.28. The van der Waals surface area contributed by atoms with Crippen molar-refractivity contribution in [1.29, 1.82) is 0 Å². The SMILES string of the molecule is CCc1nc([S+](C)[O-])nc2c1ccc(=O)n2C1CCCCCC1. The van der Waals surface area contributed by atoms with Crippen LogP contribution in [-0.4, -0.2) is 25.3 Å². The molecule has 1 aliphatic rings. The fourth-order valence-electron chi connectivity index (χ4n) is 3.44. The maximum Gasteiger partial charge on any atom is 0.344 e. The molecule has 1 atom stereocenters. The molecule has 124 valence electrons. The molecule has 0 saturated heterocycles. The fourth-order valence-corrected chi connectivity index (χ4v) is 3.89. The molecule has 0 radical (unpaired) electrons. The van der Waals surface area contributed by atoms with Crippen LogP contribution in [0.25, 0.3) is 11.0 Å². The Labute approximate surface area is 139 Å². The number of fused-ring (bicyclic) bond motifs is 1. The van der Waals surface area contributed by atoms with Gasteiger partial charge in [0.2, 0.25) is 0 Å². The number of aryl methyl sites for hydroxylation is 1. The van der Waals surface area contributed by atoms with Gasteiger partial charge in [0.1, 0.15) is 6.26 Å². The lowest BCUT2D eigenvalue weighted by Crippen LogP contribution is -2.26. The topological polar surface area (TPSA) is 70.8 Å². The molecule has 2 heterocycles. The molecule has 0 bridgehead atoms. The van der Waals surface area contributed by atoms with Crippen LogP contribution in [0.1, 0.15) is 57.2 Å². The van der Waals surface area contributed by atoms with Crippen molar-refractivity contribution in [3.05, 3.63) is 28.2 Å². The summed E-state index contributed by atoms with van der Waals surface area (Å²) in [6.07, 6.45) is 9.08. The average molecular weight is 333 g/mol. The van der Waals surface area contributed by atoms with Crippen molar-refractivity contribution in [2.75, 3.05) is 6.26 Å². The summed E-state index contributed by atoms with van der Waals surface area (Å²) in [5, 5.41) is 1.23. The quantitative estimate of drug-likeness (QED) is 0.492. The molecule has 1 fully saturated rings. The standard InChI is InChI=1S/C17H23N3O2S/c1-3-14-13-10-11-15(21)20(12-8-6-4-5-7-9-12)16(13)19-17(18-14)23(2)22/h10-12H,3-9H2,1-2H3. The van der Waals surface area contributed by atoms with Crippen LogP contribution >= 0.6 is 0 Å². The zero-order valence-corrected chi connectivity index (χ0v) is 14.6. The van der Waals surface area contributed by atoms with Gasteiger partial charge >= 0.3 is 5.16 Å². The van der Waals surface area contributed by atoms with Crippen molar-refractivity contribution >= 4 is 22.2 Å². The first-order valence-corrected chi connectivity index (χ1v) is 9.93. The molecule has 0 spiro atoms. The van der Waals surface area contributed by atoms with E-state index in [9.17, 15) is 9.35 Å². The van der Waals surface area contributed by atoms with E-state index in [1.165, 1.54) is 12.8 Å². The number of nitrogens with zero attached hydrogens (tertiary/aromatic N) is 3. The van der Waals surface area contributed by atoms with Gasteiger partial charge < -0.3 is 4.55 Å². The second kappa shape index (κ2) is 7.01. The van der Waals surface area contributed by atoms with Gasteiger partial charge in [0.05, 0.1) is 5.69 Å². The molecule has 2 aromatic heterocycles. The van der Waals surface area contributed by atoms with Crippen LogP contribution in [0.4, 0.5) is 0 Å². The maximum atomic E-state index is 12.6. The lowest BCUT2D eigenvalue weighted by atomic mass is 10.1. The highest BCUT2D eigenvalue weighted by Crippen LogP contribution is 2.29. The lowest BCUT2D eigenvalue weighted by Gasteiger charge is -2.20. The van der Waals surface area contributed by atoms with Crippen molar-refractivity contribution < 1.29 is 4.55 Å². The van der Waals surface area contributed by atoms with E-state index in [0.29, 0.717) is 10.8 Å². The minimum atomic E-state index is -1.26. The summed E-state index contributed by atoms with van der Waals surface area (Å²) in [5.74, 6) is 0. The van der Waals surface area contributed by atoms with Crippen LogP contribution in [0.5, 0.6) is 0 Å². The molecule has 6 heteroatoms. The smallest absolute Gasteiger partial charge is 0.344 e. The molecule has 1 unspecified atom stereocenters. The zero-order chi connectivity index (χ0) is 16.4. The molecule has 1 aliphatic carbocycles. The van der Waals surface area contributed by atoms with Gasteiger partial charge in [-0.2, -0.15) is 9.97 Å². The van der Waals surface area contributed by atoms with Crippen LogP contribution in [0.3, 0.4) is 0 Å². The van der Waals surface area contributed by atoms with E-state index >= 15 is 0 Å². The third-order valence-corrected chi connectivity index (χ3v) is 5.32. The first-order chi connectivity index (χ1) is 11.1. The summed E-state index contributed by atoms with van der Waals surface area (Å²) in [4.78, 5) is 21.5. The molecule has 1 saturated carbocycles. The highest BCUT2D eigenvalue weighted by atomic mass is 32.2. The minimum absolute atomic E-state index is 0.0158. The second-order valence-corrected chi connectivity index (χ2v) is 7.46. The summed E-state index contributed by atoms with van der Waals surface area (Å²) < 4.78 is 13.7. The van der Waals surface area contributed by atoms with Gasteiger partial charge in [-0.3, -0.25) is 9.36 Å². The third-order valence-electron chi connectivity index (χ3n) is 4.62. The Kier molecular flexibility index (Phi) is 5.02. The van der Waals surface area contributed by atoms with E-state index < -0.39 is 11.2 Å². The van der Waals surface area contributed by atoms with E-state index in [-0.39, 0.29) is 11.6 Å². The van der Waals surface area contributed by atoms with Crippen LogP contribution < -0.4 is 5.56 Å². The van der Waals surface area contributed by atoms with Gasteiger partial charge in [0, 0.05) is 28.7 Å². The molecule has 0 aromatic carbocycles. The van der Waals surface area contributed by atoms with Crippen molar-refractivity contribution in [2.45, 2.75) is 63.1 Å². The van der Waals surface area contributed by atoms with E-state index in [4.69, 9.17) is 0 Å².